The molecule has 10 heteroatoms. The third-order valence-corrected chi connectivity index (χ3v) is 7.87. The van der Waals surface area contributed by atoms with E-state index in [1.807, 2.05) is 60.7 Å². The third-order valence-electron chi connectivity index (χ3n) is 7.87. The molecule has 42 heavy (non-hydrogen) atoms. The Kier molecular flexibility index (Phi) is 11.2. The summed E-state index contributed by atoms with van der Waals surface area (Å²) in [5.41, 5.74) is 1.70. The molecule has 0 aliphatic carbocycles. The molecule has 4 N–H and O–H groups in total. The maximum atomic E-state index is 13.9. The predicted molar refractivity (Wildman–Crippen MR) is 156 cm³/mol. The first-order valence-electron chi connectivity index (χ1n) is 14.8. The summed E-state index contributed by atoms with van der Waals surface area (Å²) in [4.78, 5) is 68.1. The van der Waals surface area contributed by atoms with E-state index in [-0.39, 0.29) is 50.4 Å². The molecule has 0 saturated carbocycles. The van der Waals surface area contributed by atoms with Gasteiger partial charge in [0.2, 0.25) is 23.6 Å². The number of carbonyl (C=O) groups excluding carboxylic acids is 5. The summed E-state index contributed by atoms with van der Waals surface area (Å²) in [6, 6.07) is 15.1. The molecule has 2 saturated heterocycles. The normalized spacial score (nSPS) is 23.2. The van der Waals surface area contributed by atoms with Crippen LogP contribution in [-0.2, 0) is 36.8 Å². The lowest BCUT2D eigenvalue weighted by molar-refractivity contribution is -0.143. The number of hydrogen-bond donors (Lipinski definition) is 4. The lowest BCUT2D eigenvalue weighted by Crippen LogP contribution is -2.61. The zero-order chi connectivity index (χ0) is 29.9. The van der Waals surface area contributed by atoms with Gasteiger partial charge in [-0.15, -0.1) is 0 Å². The molecule has 0 unspecified atom stereocenters. The largest absolute Gasteiger partial charge is 0.396 e. The van der Waals surface area contributed by atoms with Gasteiger partial charge in [0.05, 0.1) is 0 Å². The second kappa shape index (κ2) is 15.3. The van der Waals surface area contributed by atoms with Crippen molar-refractivity contribution in [3.63, 3.8) is 0 Å². The Hall–Kier alpha value is -4.05. The predicted octanol–water partition coefficient (Wildman–Crippen LogP) is 1.44. The van der Waals surface area contributed by atoms with Crippen LogP contribution in [0.25, 0.3) is 0 Å². The zero-order valence-electron chi connectivity index (χ0n) is 23.8. The van der Waals surface area contributed by atoms with Crippen LogP contribution in [0.1, 0.15) is 56.1 Å². The zero-order valence-corrected chi connectivity index (χ0v) is 23.8. The molecule has 2 fully saturated rings. The molecule has 2 aromatic carbocycles. The number of nitrogens with zero attached hydrogens (tertiary/aromatic N) is 1. The van der Waals surface area contributed by atoms with Gasteiger partial charge in [-0.1, -0.05) is 67.1 Å². The minimum Gasteiger partial charge on any atom is -0.396 e. The van der Waals surface area contributed by atoms with E-state index in [2.05, 4.69) is 16.0 Å². The first-order valence-corrected chi connectivity index (χ1v) is 14.8. The number of benzene rings is 2. The summed E-state index contributed by atoms with van der Waals surface area (Å²) in [5.74, 6) is -1.75. The maximum absolute atomic E-state index is 13.9. The highest BCUT2D eigenvalue weighted by atomic mass is 16.3. The Morgan fingerprint density at radius 2 is 1.31 bits per heavy atom. The van der Waals surface area contributed by atoms with Crippen molar-refractivity contribution >= 4 is 29.4 Å². The van der Waals surface area contributed by atoms with Crippen LogP contribution in [0.2, 0.25) is 0 Å². The fourth-order valence-electron chi connectivity index (χ4n) is 5.61. The molecule has 224 valence electrons. The number of unbranched alkanes of at least 4 members (excludes halogenated alkanes) is 1. The van der Waals surface area contributed by atoms with E-state index in [1.54, 1.807) is 0 Å². The first-order chi connectivity index (χ1) is 20.4. The summed E-state index contributed by atoms with van der Waals surface area (Å²) in [7, 11) is 0. The van der Waals surface area contributed by atoms with Crippen LogP contribution < -0.4 is 16.0 Å². The summed E-state index contributed by atoms with van der Waals surface area (Å²) in [6.45, 7) is 0.183. The quantitative estimate of drug-likeness (QED) is 0.298. The fourth-order valence-corrected chi connectivity index (χ4v) is 5.61. The Morgan fingerprint density at radius 1 is 0.738 bits per heavy atom. The third kappa shape index (κ3) is 8.48. The molecule has 2 aliphatic heterocycles. The standard InChI is InChI=1S/C32H40N4O6/c37-19-17-24(38)14-7-8-15-25-29(39)34-26(20-22-10-3-1-4-11-22)30(40)35-27(21-23-12-5-2-6-13-23)32(42)36-18-9-16-28(36)31(41)33-25/h1-6,10-13,25-28,37H,7-9,14-21H2,(H,33,41)(H,34,39)(H,35,40)/t25-,26-,27-,28+/m0/s1. The number of carbonyl (C=O) groups is 5. The van der Waals surface area contributed by atoms with E-state index in [1.165, 1.54) is 4.90 Å². The van der Waals surface area contributed by atoms with Gasteiger partial charge in [0.25, 0.3) is 0 Å². The fraction of sp³-hybridized carbons (Fsp3) is 0.469. The summed E-state index contributed by atoms with van der Waals surface area (Å²) < 4.78 is 0. The Balaban J connectivity index is 1.60. The molecule has 10 nitrogen and oxygen atoms in total. The Bertz CT molecular complexity index is 1240. The average Bonchev–Trinajstić information content (AvgIpc) is 3.48. The molecular weight excluding hydrogens is 536 g/mol. The van der Waals surface area contributed by atoms with Gasteiger partial charge in [0.1, 0.15) is 30.0 Å². The van der Waals surface area contributed by atoms with Gasteiger partial charge in [-0.05, 0) is 36.8 Å². The highest BCUT2D eigenvalue weighted by molar-refractivity contribution is 5.98. The molecular formula is C32H40N4O6. The van der Waals surface area contributed by atoms with Crippen molar-refractivity contribution in [2.24, 2.45) is 0 Å². The number of ketones is 1. The van der Waals surface area contributed by atoms with Crippen LogP contribution in [-0.4, -0.2) is 76.7 Å². The van der Waals surface area contributed by atoms with Crippen molar-refractivity contribution in [2.75, 3.05) is 13.2 Å². The Morgan fingerprint density at radius 3 is 1.95 bits per heavy atom. The van der Waals surface area contributed by atoms with Gasteiger partial charge in [0.15, 0.2) is 0 Å². The average molecular weight is 577 g/mol. The van der Waals surface area contributed by atoms with Crippen molar-refractivity contribution < 1.29 is 29.1 Å². The number of fused-ring (bicyclic) bond motifs is 1. The van der Waals surface area contributed by atoms with Crippen LogP contribution in [0.15, 0.2) is 60.7 Å². The molecule has 4 amide bonds. The van der Waals surface area contributed by atoms with Gasteiger partial charge in [0, 0.05) is 38.8 Å². The van der Waals surface area contributed by atoms with E-state index >= 15 is 0 Å². The molecule has 2 aromatic rings. The first kappa shape index (κ1) is 30.9. The van der Waals surface area contributed by atoms with Crippen molar-refractivity contribution in [3.8, 4) is 0 Å². The number of aliphatic hydroxyl groups excluding tert-OH is 1. The second-order valence-electron chi connectivity index (χ2n) is 11.0. The van der Waals surface area contributed by atoms with Gasteiger partial charge in [-0.2, -0.15) is 0 Å². The van der Waals surface area contributed by atoms with Gasteiger partial charge in [-0.3, -0.25) is 24.0 Å². The number of amides is 4. The highest BCUT2D eigenvalue weighted by Crippen LogP contribution is 2.21. The van der Waals surface area contributed by atoms with Gasteiger partial charge >= 0.3 is 0 Å². The van der Waals surface area contributed by atoms with Crippen molar-refractivity contribution in [1.82, 2.24) is 20.9 Å². The second-order valence-corrected chi connectivity index (χ2v) is 11.0. The minimum absolute atomic E-state index is 0.0607. The van der Waals surface area contributed by atoms with Crippen LogP contribution in [0.3, 0.4) is 0 Å². The number of rotatable bonds is 11. The van der Waals surface area contributed by atoms with Crippen LogP contribution in [0.5, 0.6) is 0 Å². The molecule has 2 aliphatic rings. The smallest absolute Gasteiger partial charge is 0.246 e. The lowest BCUT2D eigenvalue weighted by Gasteiger charge is -2.32. The number of aliphatic hydroxyl groups is 1. The Labute approximate surface area is 246 Å². The molecule has 4 rings (SSSR count). The molecule has 0 spiro atoms. The van der Waals surface area contributed by atoms with E-state index in [0.29, 0.717) is 32.2 Å². The molecule has 0 radical (unpaired) electrons. The van der Waals surface area contributed by atoms with E-state index in [4.69, 9.17) is 5.11 Å². The van der Waals surface area contributed by atoms with E-state index in [0.717, 1.165) is 11.1 Å². The summed E-state index contributed by atoms with van der Waals surface area (Å²) >= 11 is 0. The molecule has 0 aromatic heterocycles. The SMILES string of the molecule is O=C(CCO)CCCC[C@@H]1NC(=O)[C@H]2CCCN2C(=O)[C@H](Cc2ccccc2)NC(=O)[C@H](Cc2ccccc2)NC1=O. The number of hydrogen-bond acceptors (Lipinski definition) is 6. The number of Topliss-reactive ketones (excluding diaryl/α,β-unsaturated/α-hetero) is 1. The van der Waals surface area contributed by atoms with Crippen molar-refractivity contribution in [2.45, 2.75) is 82.0 Å². The van der Waals surface area contributed by atoms with E-state index in [9.17, 15) is 24.0 Å². The number of nitrogens with one attached hydrogen (secondary N) is 3. The topological polar surface area (TPSA) is 145 Å². The van der Waals surface area contributed by atoms with Gasteiger partial charge in [-0.25, -0.2) is 0 Å². The molecule has 4 atom stereocenters. The summed E-state index contributed by atoms with van der Waals surface area (Å²) in [5, 5.41) is 17.6. The lowest BCUT2D eigenvalue weighted by atomic mass is 10.00. The molecule has 0 bridgehead atoms. The van der Waals surface area contributed by atoms with Gasteiger partial charge < -0.3 is 26.0 Å². The highest BCUT2D eigenvalue weighted by Gasteiger charge is 2.40. The van der Waals surface area contributed by atoms with Crippen molar-refractivity contribution in [3.05, 3.63) is 71.8 Å². The minimum atomic E-state index is -0.981. The van der Waals surface area contributed by atoms with E-state index < -0.39 is 41.9 Å². The maximum Gasteiger partial charge on any atom is 0.246 e. The van der Waals surface area contributed by atoms with Crippen molar-refractivity contribution in [1.29, 1.82) is 0 Å². The van der Waals surface area contributed by atoms with Crippen LogP contribution in [0.4, 0.5) is 0 Å². The van der Waals surface area contributed by atoms with Crippen LogP contribution in [0, 0.1) is 0 Å². The molecule has 2 heterocycles. The summed E-state index contributed by atoms with van der Waals surface area (Å²) in [6.07, 6.45) is 3.16. The van der Waals surface area contributed by atoms with Crippen LogP contribution >= 0.6 is 0 Å². The monoisotopic (exact) mass is 576 g/mol.